The number of likely N-dealkylation sites (N-methyl/N-ethyl adjacent to an activating group) is 1. The largest absolute Gasteiger partial charge is 0.350 e. The third-order valence-corrected chi connectivity index (χ3v) is 5.74. The third-order valence-electron chi connectivity index (χ3n) is 5.74. The number of hydrogen-bond acceptors (Lipinski definition) is 4. The average molecular weight is 417 g/mol. The second-order valence-corrected chi connectivity index (χ2v) is 8.44. The van der Waals surface area contributed by atoms with Gasteiger partial charge in [0.1, 0.15) is 5.69 Å². The number of fused-ring (bicyclic) bond motifs is 1. The molecule has 4 aromatic rings. The van der Waals surface area contributed by atoms with E-state index in [1.807, 2.05) is 24.3 Å². The predicted octanol–water partition coefficient (Wildman–Crippen LogP) is 5.27. The van der Waals surface area contributed by atoms with Crippen LogP contribution in [-0.2, 0) is 6.42 Å². The molecule has 0 fully saturated rings. The van der Waals surface area contributed by atoms with Crippen molar-refractivity contribution in [3.05, 3.63) is 70.5 Å². The van der Waals surface area contributed by atoms with E-state index in [4.69, 9.17) is 4.52 Å². The summed E-state index contributed by atoms with van der Waals surface area (Å²) < 4.78 is 5.51. The van der Waals surface area contributed by atoms with Gasteiger partial charge in [0, 0.05) is 36.5 Å². The number of rotatable bonds is 6. The molecule has 1 N–H and O–H groups in total. The van der Waals surface area contributed by atoms with Crippen LogP contribution in [0.3, 0.4) is 0 Å². The van der Waals surface area contributed by atoms with E-state index >= 15 is 0 Å². The van der Waals surface area contributed by atoms with E-state index in [1.165, 1.54) is 11.1 Å². The van der Waals surface area contributed by atoms with E-state index in [2.05, 4.69) is 61.0 Å². The first-order chi connectivity index (χ1) is 14.8. The van der Waals surface area contributed by atoms with Crippen molar-refractivity contribution in [2.75, 3.05) is 13.6 Å². The van der Waals surface area contributed by atoms with Gasteiger partial charge < -0.3 is 14.4 Å². The van der Waals surface area contributed by atoms with Crippen LogP contribution in [0.5, 0.6) is 0 Å². The molecule has 0 spiro atoms. The van der Waals surface area contributed by atoms with Crippen molar-refractivity contribution in [3.63, 3.8) is 0 Å². The van der Waals surface area contributed by atoms with Gasteiger partial charge in [0.25, 0.3) is 11.8 Å². The van der Waals surface area contributed by atoms with E-state index in [9.17, 15) is 4.79 Å². The molecule has 2 aromatic carbocycles. The molecule has 6 nitrogen and oxygen atoms in total. The highest BCUT2D eigenvalue weighted by Crippen LogP contribution is 2.29. The summed E-state index contributed by atoms with van der Waals surface area (Å²) >= 11 is 0. The van der Waals surface area contributed by atoms with Gasteiger partial charge in [-0.2, -0.15) is 4.98 Å². The number of benzene rings is 2. The Hall–Kier alpha value is -3.41. The Morgan fingerprint density at radius 1 is 1.13 bits per heavy atom. The highest BCUT2D eigenvalue weighted by atomic mass is 16.5. The lowest BCUT2D eigenvalue weighted by Crippen LogP contribution is -2.29. The van der Waals surface area contributed by atoms with Crippen LogP contribution in [0.4, 0.5) is 0 Å². The fourth-order valence-corrected chi connectivity index (χ4v) is 3.71. The van der Waals surface area contributed by atoms with E-state index in [0.29, 0.717) is 36.2 Å². The number of nitrogens with zero attached hydrogens (tertiary/aromatic N) is 3. The minimum Gasteiger partial charge on any atom is -0.350 e. The van der Waals surface area contributed by atoms with Crippen LogP contribution in [0.1, 0.15) is 52.6 Å². The number of hydrogen-bond donors (Lipinski definition) is 1. The molecule has 4 rings (SSSR count). The lowest BCUT2D eigenvalue weighted by atomic mass is 10.0. The van der Waals surface area contributed by atoms with Crippen molar-refractivity contribution in [2.45, 2.75) is 40.0 Å². The van der Waals surface area contributed by atoms with E-state index in [1.54, 1.807) is 11.9 Å². The van der Waals surface area contributed by atoms with Gasteiger partial charge in [-0.15, -0.1) is 0 Å². The Kier molecular flexibility index (Phi) is 5.63. The smallest absolute Gasteiger partial charge is 0.274 e. The molecular formula is C25H28N4O2. The first kappa shape index (κ1) is 20.8. The van der Waals surface area contributed by atoms with Crippen LogP contribution in [0.2, 0.25) is 0 Å². The molecule has 160 valence electrons. The van der Waals surface area contributed by atoms with Crippen LogP contribution >= 0.6 is 0 Å². The second kappa shape index (κ2) is 8.38. The van der Waals surface area contributed by atoms with Crippen molar-refractivity contribution < 1.29 is 9.32 Å². The van der Waals surface area contributed by atoms with Crippen molar-refractivity contribution in [3.8, 4) is 11.6 Å². The Balaban J connectivity index is 1.43. The number of nitrogens with one attached hydrogen (secondary N) is 1. The maximum absolute atomic E-state index is 12.7. The fourth-order valence-electron chi connectivity index (χ4n) is 3.71. The summed E-state index contributed by atoms with van der Waals surface area (Å²) in [5.41, 5.74) is 6.09. The van der Waals surface area contributed by atoms with Crippen LogP contribution in [-0.4, -0.2) is 39.5 Å². The van der Waals surface area contributed by atoms with Crippen LogP contribution in [0, 0.1) is 13.8 Å². The lowest BCUT2D eigenvalue weighted by Gasteiger charge is -2.16. The zero-order valence-electron chi connectivity index (χ0n) is 18.7. The van der Waals surface area contributed by atoms with E-state index < -0.39 is 0 Å². The molecule has 2 heterocycles. The summed E-state index contributed by atoms with van der Waals surface area (Å²) in [6, 6.07) is 14.1. The van der Waals surface area contributed by atoms with Crippen LogP contribution in [0.25, 0.3) is 22.5 Å². The second-order valence-electron chi connectivity index (χ2n) is 8.44. The van der Waals surface area contributed by atoms with Gasteiger partial charge in [0.2, 0.25) is 0 Å². The van der Waals surface area contributed by atoms with Gasteiger partial charge in [-0.1, -0.05) is 42.8 Å². The summed E-state index contributed by atoms with van der Waals surface area (Å²) in [6.45, 7) is 8.91. The standard InChI is InChI=1S/C25H28N4O2/c1-15(2)18-7-9-19(10-8-18)25(30)29(5)13-12-22-27-24(31-28-22)23-17(4)20-14-16(3)6-11-21(20)26-23/h6-11,14-15,26H,12-13H2,1-5H3. The molecule has 0 aliphatic rings. The number of carbonyl (C=O) groups excluding carboxylic acids is 1. The number of amides is 1. The summed E-state index contributed by atoms with van der Waals surface area (Å²) in [5, 5.41) is 5.27. The molecule has 0 unspecified atom stereocenters. The lowest BCUT2D eigenvalue weighted by molar-refractivity contribution is 0.0795. The highest BCUT2D eigenvalue weighted by Gasteiger charge is 2.17. The van der Waals surface area contributed by atoms with Gasteiger partial charge >= 0.3 is 0 Å². The molecule has 0 aliphatic carbocycles. The maximum Gasteiger partial charge on any atom is 0.274 e. The van der Waals surface area contributed by atoms with Gasteiger partial charge in [0.15, 0.2) is 5.82 Å². The molecule has 0 atom stereocenters. The van der Waals surface area contributed by atoms with Gasteiger partial charge in [0.05, 0.1) is 0 Å². The van der Waals surface area contributed by atoms with Gasteiger partial charge in [-0.25, -0.2) is 0 Å². The number of H-pyrrole nitrogens is 1. The van der Waals surface area contributed by atoms with E-state index in [0.717, 1.165) is 22.2 Å². The highest BCUT2D eigenvalue weighted by molar-refractivity contribution is 5.94. The Morgan fingerprint density at radius 3 is 2.58 bits per heavy atom. The SMILES string of the molecule is Cc1ccc2[nH]c(-c3nc(CCN(C)C(=O)c4ccc(C(C)C)cc4)no3)c(C)c2c1. The van der Waals surface area contributed by atoms with Gasteiger partial charge in [-0.05, 0) is 55.2 Å². The van der Waals surface area contributed by atoms with Crippen molar-refractivity contribution in [2.24, 2.45) is 0 Å². The summed E-state index contributed by atoms with van der Waals surface area (Å²) in [6.07, 6.45) is 0.522. The van der Waals surface area contributed by atoms with E-state index in [-0.39, 0.29) is 5.91 Å². The summed E-state index contributed by atoms with van der Waals surface area (Å²) in [7, 11) is 1.80. The van der Waals surface area contributed by atoms with Gasteiger partial charge in [-0.3, -0.25) is 4.79 Å². The molecule has 0 saturated carbocycles. The molecule has 0 saturated heterocycles. The van der Waals surface area contributed by atoms with Crippen molar-refractivity contribution in [1.29, 1.82) is 0 Å². The van der Waals surface area contributed by atoms with Crippen LogP contribution < -0.4 is 0 Å². The molecule has 1 amide bonds. The first-order valence-electron chi connectivity index (χ1n) is 10.6. The fraction of sp³-hybridized carbons (Fsp3) is 0.320. The quantitative estimate of drug-likeness (QED) is 0.464. The van der Waals surface area contributed by atoms with Crippen molar-refractivity contribution >= 4 is 16.8 Å². The summed E-state index contributed by atoms with van der Waals surface area (Å²) in [5.74, 6) is 1.48. The zero-order chi connectivity index (χ0) is 22.1. The third kappa shape index (κ3) is 4.24. The zero-order valence-corrected chi connectivity index (χ0v) is 18.7. The molecule has 6 heteroatoms. The number of carbonyl (C=O) groups is 1. The molecule has 0 radical (unpaired) electrons. The minimum absolute atomic E-state index is 0.0131. The minimum atomic E-state index is -0.0131. The number of aromatic nitrogens is 3. The number of aromatic amines is 1. The number of aryl methyl sites for hydroxylation is 2. The Labute approximate surface area is 182 Å². The molecule has 31 heavy (non-hydrogen) atoms. The topological polar surface area (TPSA) is 75.0 Å². The monoisotopic (exact) mass is 416 g/mol. The molecule has 2 aromatic heterocycles. The normalized spacial score (nSPS) is 11.4. The molecule has 0 bridgehead atoms. The van der Waals surface area contributed by atoms with Crippen LogP contribution in [0.15, 0.2) is 47.0 Å². The molecular weight excluding hydrogens is 388 g/mol. The maximum atomic E-state index is 12.7. The predicted molar refractivity (Wildman–Crippen MR) is 122 cm³/mol. The Bertz CT molecular complexity index is 1220. The first-order valence-corrected chi connectivity index (χ1v) is 10.6. The molecule has 0 aliphatic heterocycles. The Morgan fingerprint density at radius 2 is 1.87 bits per heavy atom. The average Bonchev–Trinajstić information content (AvgIpc) is 3.36. The van der Waals surface area contributed by atoms with Crippen molar-refractivity contribution in [1.82, 2.24) is 20.0 Å². The summed E-state index contributed by atoms with van der Waals surface area (Å²) in [4.78, 5) is 22.3.